The fourth-order valence-electron chi connectivity index (χ4n) is 8.31. The number of carbonyl (C=O) groups excluding carboxylic acids is 1. The third-order valence-electron chi connectivity index (χ3n) is 9.51. The van der Waals surface area contributed by atoms with E-state index in [1.54, 1.807) is 14.0 Å². The van der Waals surface area contributed by atoms with Gasteiger partial charge in [0, 0.05) is 24.9 Å². The number of hydrogen-bond acceptors (Lipinski definition) is 5. The van der Waals surface area contributed by atoms with Crippen molar-refractivity contribution in [3.63, 3.8) is 0 Å². The van der Waals surface area contributed by atoms with Crippen molar-refractivity contribution in [2.24, 2.45) is 34.5 Å². The van der Waals surface area contributed by atoms with Crippen LogP contribution in [0, 0.1) is 34.5 Å². The summed E-state index contributed by atoms with van der Waals surface area (Å²) in [6.45, 7) is 5.99. The Hall–Kier alpha value is -0.490. The lowest BCUT2D eigenvalue weighted by Gasteiger charge is -2.66. The first-order valence-corrected chi connectivity index (χ1v) is 10.7. The lowest BCUT2D eigenvalue weighted by Crippen LogP contribution is -2.71. The number of methoxy groups -OCH3 is 1. The fraction of sp³-hybridized carbons (Fsp3) is 0.955. The second-order valence-corrected chi connectivity index (χ2v) is 10.5. The van der Waals surface area contributed by atoms with Crippen molar-refractivity contribution >= 4 is 5.78 Å². The highest BCUT2D eigenvalue weighted by Crippen LogP contribution is 2.68. The summed E-state index contributed by atoms with van der Waals surface area (Å²) in [6, 6.07) is 0. The van der Waals surface area contributed by atoms with Gasteiger partial charge in [0.25, 0.3) is 0 Å². The van der Waals surface area contributed by atoms with E-state index in [9.17, 15) is 20.1 Å². The number of fused-ring (bicyclic) bond motifs is 5. The summed E-state index contributed by atoms with van der Waals surface area (Å²) in [6.07, 6.45) is 3.53. The first-order valence-electron chi connectivity index (χ1n) is 10.7. The molecular weight excluding hydrogens is 344 g/mol. The van der Waals surface area contributed by atoms with Crippen molar-refractivity contribution in [3.8, 4) is 0 Å². The Balaban J connectivity index is 1.76. The Labute approximate surface area is 162 Å². The van der Waals surface area contributed by atoms with Gasteiger partial charge in [-0.2, -0.15) is 0 Å². The van der Waals surface area contributed by atoms with E-state index in [0.29, 0.717) is 38.0 Å². The molecule has 5 nitrogen and oxygen atoms in total. The molecule has 0 heterocycles. The van der Waals surface area contributed by atoms with Gasteiger partial charge in [0.15, 0.2) is 0 Å². The van der Waals surface area contributed by atoms with Gasteiger partial charge >= 0.3 is 0 Å². The molecule has 0 amide bonds. The van der Waals surface area contributed by atoms with E-state index >= 15 is 0 Å². The Morgan fingerprint density at radius 1 is 1.11 bits per heavy atom. The van der Waals surface area contributed by atoms with Crippen LogP contribution in [-0.2, 0) is 9.53 Å². The molecule has 4 fully saturated rings. The van der Waals surface area contributed by atoms with Crippen molar-refractivity contribution in [1.82, 2.24) is 0 Å². The Bertz CT molecular complexity index is 622. The molecule has 4 aliphatic rings. The van der Waals surface area contributed by atoms with Gasteiger partial charge in [-0.05, 0) is 68.6 Å². The standard InChI is InChI=1S/C22H36O5/c1-12(23)15-5-6-16-14-9-18(27-4)22(26)10-13(24)7-8-21(22,3)19(14)17(25)11-20(15,16)2/h13-19,24-26H,5-11H2,1-4H3/t13-,14?,15+,16?,17-,18+,19?,20+,21+,22-/m0/s1. The highest BCUT2D eigenvalue weighted by molar-refractivity contribution is 5.79. The Kier molecular flexibility index (Phi) is 4.59. The van der Waals surface area contributed by atoms with Gasteiger partial charge in [-0.25, -0.2) is 0 Å². The van der Waals surface area contributed by atoms with E-state index in [1.807, 2.05) is 0 Å². The lowest BCUT2D eigenvalue weighted by molar-refractivity contribution is -0.286. The molecule has 5 heteroatoms. The molecule has 0 aromatic rings. The van der Waals surface area contributed by atoms with Gasteiger partial charge in [0.2, 0.25) is 0 Å². The van der Waals surface area contributed by atoms with Crippen molar-refractivity contribution in [2.75, 3.05) is 7.11 Å². The molecule has 0 saturated heterocycles. The van der Waals surface area contributed by atoms with Crippen molar-refractivity contribution < 1.29 is 24.9 Å². The van der Waals surface area contributed by atoms with Gasteiger partial charge in [-0.15, -0.1) is 0 Å². The smallest absolute Gasteiger partial charge is 0.133 e. The monoisotopic (exact) mass is 380 g/mol. The number of rotatable bonds is 2. The van der Waals surface area contributed by atoms with E-state index in [2.05, 4.69) is 13.8 Å². The van der Waals surface area contributed by atoms with Crippen LogP contribution in [0.4, 0.5) is 0 Å². The lowest BCUT2D eigenvalue weighted by atomic mass is 9.41. The molecule has 154 valence electrons. The zero-order valence-corrected chi connectivity index (χ0v) is 17.1. The Morgan fingerprint density at radius 3 is 2.44 bits per heavy atom. The minimum absolute atomic E-state index is 0.00909. The number of ether oxygens (including phenoxy) is 1. The summed E-state index contributed by atoms with van der Waals surface area (Å²) in [5, 5.41) is 33.3. The van der Waals surface area contributed by atoms with Gasteiger partial charge in [-0.3, -0.25) is 4.79 Å². The number of hydrogen-bond donors (Lipinski definition) is 3. The number of Topliss-reactive ketones (excluding diaryl/α,β-unsaturated/α-hetero) is 1. The van der Waals surface area contributed by atoms with Crippen molar-refractivity contribution in [1.29, 1.82) is 0 Å². The third-order valence-corrected chi connectivity index (χ3v) is 9.51. The first kappa shape index (κ1) is 19.8. The average Bonchev–Trinajstić information content (AvgIpc) is 2.92. The van der Waals surface area contributed by atoms with Crippen molar-refractivity contribution in [2.45, 2.75) is 89.6 Å². The van der Waals surface area contributed by atoms with Crippen LogP contribution < -0.4 is 0 Å². The molecular formula is C22H36O5. The van der Waals surface area contributed by atoms with E-state index in [4.69, 9.17) is 4.74 Å². The summed E-state index contributed by atoms with van der Waals surface area (Å²) in [7, 11) is 1.65. The minimum Gasteiger partial charge on any atom is -0.393 e. The largest absolute Gasteiger partial charge is 0.393 e. The summed E-state index contributed by atoms with van der Waals surface area (Å²) in [5.74, 6) is 0.888. The number of aliphatic hydroxyl groups excluding tert-OH is 2. The first-order chi connectivity index (χ1) is 12.6. The molecule has 10 atom stereocenters. The molecule has 4 rings (SSSR count). The third kappa shape index (κ3) is 2.47. The van der Waals surface area contributed by atoms with E-state index < -0.39 is 23.2 Å². The Morgan fingerprint density at radius 2 is 1.81 bits per heavy atom. The van der Waals surface area contributed by atoms with E-state index in [-0.39, 0.29) is 35.1 Å². The van der Waals surface area contributed by atoms with Crippen LogP contribution in [0.2, 0.25) is 0 Å². The second-order valence-electron chi connectivity index (χ2n) is 10.5. The maximum Gasteiger partial charge on any atom is 0.133 e. The summed E-state index contributed by atoms with van der Waals surface area (Å²) in [5.41, 5.74) is -1.76. The van der Waals surface area contributed by atoms with Crippen LogP contribution in [0.15, 0.2) is 0 Å². The van der Waals surface area contributed by atoms with E-state index in [0.717, 1.165) is 12.8 Å². The van der Waals surface area contributed by atoms with Gasteiger partial charge < -0.3 is 20.1 Å². The number of carbonyl (C=O) groups is 1. The molecule has 3 N–H and O–H groups in total. The molecule has 0 bridgehead atoms. The van der Waals surface area contributed by atoms with Crippen LogP contribution in [0.1, 0.15) is 65.7 Å². The van der Waals surface area contributed by atoms with Crippen LogP contribution in [-0.4, -0.2) is 52.1 Å². The highest BCUT2D eigenvalue weighted by atomic mass is 16.5. The normalized spacial score (nSPS) is 57.5. The minimum atomic E-state index is -1.12. The number of ketones is 1. The van der Waals surface area contributed by atoms with E-state index in [1.165, 1.54) is 0 Å². The van der Waals surface area contributed by atoms with Gasteiger partial charge in [0.05, 0.1) is 23.9 Å². The SMILES string of the molecule is CO[C@@H]1CC2C3CC[C@H](C(C)=O)[C@@]3(C)C[C@H](O)C2[C@@]2(C)CC[C@H](O)C[C@]12O. The van der Waals surface area contributed by atoms with Crippen LogP contribution in [0.5, 0.6) is 0 Å². The molecule has 4 saturated carbocycles. The van der Waals surface area contributed by atoms with Crippen LogP contribution in [0.25, 0.3) is 0 Å². The topological polar surface area (TPSA) is 87.0 Å². The zero-order chi connectivity index (χ0) is 19.8. The highest BCUT2D eigenvalue weighted by Gasteiger charge is 2.70. The predicted octanol–water partition coefficient (Wildman–Crippen LogP) is 2.31. The zero-order valence-electron chi connectivity index (χ0n) is 17.1. The van der Waals surface area contributed by atoms with Crippen molar-refractivity contribution in [3.05, 3.63) is 0 Å². The molecule has 0 radical (unpaired) electrons. The van der Waals surface area contributed by atoms with Crippen LogP contribution in [0.3, 0.4) is 0 Å². The quantitative estimate of drug-likeness (QED) is 0.684. The second kappa shape index (κ2) is 6.25. The van der Waals surface area contributed by atoms with Crippen LogP contribution >= 0.6 is 0 Å². The van der Waals surface area contributed by atoms with Gasteiger partial charge in [-0.1, -0.05) is 13.8 Å². The fourth-order valence-corrected chi connectivity index (χ4v) is 8.31. The van der Waals surface area contributed by atoms with Gasteiger partial charge in [0.1, 0.15) is 5.78 Å². The molecule has 0 aliphatic heterocycles. The average molecular weight is 381 g/mol. The summed E-state index contributed by atoms with van der Waals surface area (Å²) < 4.78 is 5.81. The molecule has 27 heavy (non-hydrogen) atoms. The molecule has 3 unspecified atom stereocenters. The predicted molar refractivity (Wildman–Crippen MR) is 101 cm³/mol. The molecule has 4 aliphatic carbocycles. The maximum atomic E-state index is 12.3. The summed E-state index contributed by atoms with van der Waals surface area (Å²) in [4.78, 5) is 12.3. The molecule has 0 aromatic carbocycles. The summed E-state index contributed by atoms with van der Waals surface area (Å²) >= 11 is 0. The maximum absolute atomic E-state index is 12.3. The molecule has 0 aromatic heterocycles. The number of aliphatic hydroxyl groups is 3. The molecule has 0 spiro atoms.